The molecule has 1 rings (SSSR count). The highest BCUT2D eigenvalue weighted by Crippen LogP contribution is 2.28. The third kappa shape index (κ3) is 6.48. The van der Waals surface area contributed by atoms with Gasteiger partial charge in [-0.3, -0.25) is 4.79 Å². The van der Waals surface area contributed by atoms with Gasteiger partial charge in [0.05, 0.1) is 18.2 Å². The lowest BCUT2D eigenvalue weighted by atomic mass is 10.2. The molecule has 6 nitrogen and oxygen atoms in total. The molecule has 0 aliphatic heterocycles. The van der Waals surface area contributed by atoms with Crippen LogP contribution in [0, 0.1) is 0 Å². The molecule has 8 heteroatoms. The number of carboxylic acid groups (broad SMARTS) is 1. The van der Waals surface area contributed by atoms with E-state index in [1.54, 1.807) is 6.07 Å². The Labute approximate surface area is 144 Å². The minimum atomic E-state index is -1.21. The van der Waals surface area contributed by atoms with Crippen LogP contribution in [0.5, 0.6) is 5.75 Å². The molecule has 23 heavy (non-hydrogen) atoms. The predicted molar refractivity (Wildman–Crippen MR) is 87.1 cm³/mol. The molecule has 126 valence electrons. The second-order valence-corrected chi connectivity index (χ2v) is 5.40. The summed E-state index contributed by atoms with van der Waals surface area (Å²) in [6.07, 6.45) is 0.532. The molecule has 0 radical (unpaired) electrons. The van der Waals surface area contributed by atoms with Gasteiger partial charge in [-0.25, -0.2) is 4.79 Å². The molecule has 1 aromatic carbocycles. The first-order valence-corrected chi connectivity index (χ1v) is 7.44. The highest BCUT2D eigenvalue weighted by molar-refractivity contribution is 6.35. The normalized spacial score (nSPS) is 13.0. The van der Waals surface area contributed by atoms with Gasteiger partial charge in [-0.05, 0) is 25.1 Å². The van der Waals surface area contributed by atoms with E-state index in [0.29, 0.717) is 5.02 Å². The zero-order chi connectivity index (χ0) is 17.4. The third-order valence-electron chi connectivity index (χ3n) is 2.70. The zero-order valence-electron chi connectivity index (χ0n) is 12.4. The van der Waals surface area contributed by atoms with Crippen LogP contribution in [0.2, 0.25) is 10.0 Å². The van der Waals surface area contributed by atoms with Gasteiger partial charge in [0.2, 0.25) is 0 Å². The molecule has 0 aliphatic carbocycles. The molecule has 0 aromatic heterocycles. The minimum Gasteiger partial charge on any atom is -0.480 e. The van der Waals surface area contributed by atoms with Gasteiger partial charge in [-0.1, -0.05) is 29.3 Å². The summed E-state index contributed by atoms with van der Waals surface area (Å²) in [6.45, 7) is 4.93. The Morgan fingerprint density at radius 3 is 2.70 bits per heavy atom. The standard InChI is InChI=1S/C15H17Cl2NO5/c1-3-6-22-8-12(15(20)21)18-14(19)9(2)23-13-5-4-10(16)7-11(13)17/h3-5,7,9,12H,1,6,8H2,2H3,(H,18,19)(H,20,21). The molecule has 2 N–H and O–H groups in total. The van der Waals surface area contributed by atoms with Crippen LogP contribution in [-0.2, 0) is 14.3 Å². The van der Waals surface area contributed by atoms with E-state index in [0.717, 1.165) is 0 Å². The molecule has 0 heterocycles. The Kier molecular flexibility index (Phi) is 7.88. The first kappa shape index (κ1) is 19.3. The number of nitrogens with one attached hydrogen (secondary N) is 1. The number of carbonyl (C=O) groups is 2. The zero-order valence-corrected chi connectivity index (χ0v) is 13.9. The van der Waals surface area contributed by atoms with Gasteiger partial charge in [0.1, 0.15) is 5.75 Å². The number of halogens is 2. The van der Waals surface area contributed by atoms with Crippen LogP contribution in [-0.4, -0.2) is 42.3 Å². The van der Waals surface area contributed by atoms with Gasteiger partial charge >= 0.3 is 5.97 Å². The van der Waals surface area contributed by atoms with Crippen LogP contribution >= 0.6 is 23.2 Å². The van der Waals surface area contributed by atoms with Gasteiger partial charge < -0.3 is 19.9 Å². The second kappa shape index (κ2) is 9.39. The van der Waals surface area contributed by atoms with Crippen molar-refractivity contribution in [3.63, 3.8) is 0 Å². The third-order valence-corrected chi connectivity index (χ3v) is 3.23. The summed E-state index contributed by atoms with van der Waals surface area (Å²) in [5.41, 5.74) is 0. The van der Waals surface area contributed by atoms with E-state index in [1.807, 2.05) is 0 Å². The Bertz CT molecular complexity index is 579. The summed E-state index contributed by atoms with van der Waals surface area (Å²) in [7, 11) is 0. The Hall–Kier alpha value is -1.76. The van der Waals surface area contributed by atoms with Crippen molar-refractivity contribution >= 4 is 35.1 Å². The monoisotopic (exact) mass is 361 g/mol. The topological polar surface area (TPSA) is 84.9 Å². The van der Waals surface area contributed by atoms with Gasteiger partial charge in [-0.15, -0.1) is 6.58 Å². The van der Waals surface area contributed by atoms with Crippen LogP contribution in [0.4, 0.5) is 0 Å². The lowest BCUT2D eigenvalue weighted by molar-refractivity contribution is -0.144. The molecule has 0 spiro atoms. The Morgan fingerprint density at radius 2 is 2.13 bits per heavy atom. The van der Waals surface area contributed by atoms with Gasteiger partial charge in [0.25, 0.3) is 5.91 Å². The smallest absolute Gasteiger partial charge is 0.328 e. The maximum absolute atomic E-state index is 12.0. The summed E-state index contributed by atoms with van der Waals surface area (Å²) in [4.78, 5) is 23.1. The first-order chi connectivity index (χ1) is 10.8. The van der Waals surface area contributed by atoms with Gasteiger partial charge in [0, 0.05) is 5.02 Å². The Morgan fingerprint density at radius 1 is 1.43 bits per heavy atom. The van der Waals surface area contributed by atoms with Crippen LogP contribution in [0.15, 0.2) is 30.9 Å². The highest BCUT2D eigenvalue weighted by atomic mass is 35.5. The number of rotatable bonds is 9. The van der Waals surface area contributed by atoms with Crippen molar-refractivity contribution in [2.75, 3.05) is 13.2 Å². The lowest BCUT2D eigenvalue weighted by Crippen LogP contribution is -2.48. The number of ether oxygens (including phenoxy) is 2. The van der Waals surface area contributed by atoms with Crippen molar-refractivity contribution in [1.82, 2.24) is 5.32 Å². The average Bonchev–Trinajstić information content (AvgIpc) is 2.48. The fraction of sp³-hybridized carbons (Fsp3) is 0.333. The van der Waals surface area contributed by atoms with E-state index in [2.05, 4.69) is 11.9 Å². The lowest BCUT2D eigenvalue weighted by Gasteiger charge is -2.19. The molecule has 2 unspecified atom stereocenters. The molecule has 1 aromatic rings. The van der Waals surface area contributed by atoms with Crippen LogP contribution in [0.3, 0.4) is 0 Å². The van der Waals surface area contributed by atoms with Crippen molar-refractivity contribution in [2.45, 2.75) is 19.1 Å². The molecule has 0 saturated carbocycles. The van der Waals surface area contributed by atoms with Crippen LogP contribution in [0.25, 0.3) is 0 Å². The summed E-state index contributed by atoms with van der Waals surface area (Å²) in [5, 5.41) is 12.1. The molecule has 0 bridgehead atoms. The van der Waals surface area contributed by atoms with E-state index in [9.17, 15) is 9.59 Å². The first-order valence-electron chi connectivity index (χ1n) is 6.68. The number of hydrogen-bond donors (Lipinski definition) is 2. The van der Waals surface area contributed by atoms with E-state index in [4.69, 9.17) is 37.8 Å². The summed E-state index contributed by atoms with van der Waals surface area (Å²) >= 11 is 11.7. The molecule has 0 fully saturated rings. The summed E-state index contributed by atoms with van der Waals surface area (Å²) in [6, 6.07) is 3.38. The minimum absolute atomic E-state index is 0.179. The largest absolute Gasteiger partial charge is 0.480 e. The van der Waals surface area contributed by atoms with Gasteiger partial charge in [-0.2, -0.15) is 0 Å². The number of carbonyl (C=O) groups excluding carboxylic acids is 1. The fourth-order valence-corrected chi connectivity index (χ4v) is 2.00. The van der Waals surface area contributed by atoms with Crippen molar-refractivity contribution < 1.29 is 24.2 Å². The van der Waals surface area contributed by atoms with E-state index in [-0.39, 0.29) is 24.0 Å². The second-order valence-electron chi connectivity index (χ2n) is 4.56. The molecular formula is C15H17Cl2NO5. The maximum atomic E-state index is 12.0. The van der Waals surface area contributed by atoms with Crippen molar-refractivity contribution in [1.29, 1.82) is 0 Å². The van der Waals surface area contributed by atoms with E-state index >= 15 is 0 Å². The number of amides is 1. The van der Waals surface area contributed by atoms with Crippen LogP contribution in [0.1, 0.15) is 6.92 Å². The predicted octanol–water partition coefficient (Wildman–Crippen LogP) is 2.53. The average molecular weight is 362 g/mol. The van der Waals surface area contributed by atoms with E-state index < -0.39 is 24.0 Å². The molecule has 2 atom stereocenters. The maximum Gasteiger partial charge on any atom is 0.328 e. The fourth-order valence-electron chi connectivity index (χ4n) is 1.55. The number of hydrogen-bond acceptors (Lipinski definition) is 4. The molecule has 0 aliphatic rings. The number of carboxylic acids is 1. The van der Waals surface area contributed by atoms with Crippen molar-refractivity contribution in [3.8, 4) is 5.75 Å². The van der Waals surface area contributed by atoms with Crippen molar-refractivity contribution in [2.24, 2.45) is 0 Å². The quantitative estimate of drug-likeness (QED) is 0.521. The number of benzene rings is 1. The summed E-state index contributed by atoms with van der Waals surface area (Å²) in [5.74, 6) is -1.54. The Balaban J connectivity index is 2.63. The summed E-state index contributed by atoms with van der Waals surface area (Å²) < 4.78 is 10.5. The highest BCUT2D eigenvalue weighted by Gasteiger charge is 2.24. The van der Waals surface area contributed by atoms with Crippen LogP contribution < -0.4 is 10.1 Å². The van der Waals surface area contributed by atoms with Crippen molar-refractivity contribution in [3.05, 3.63) is 40.9 Å². The molecule has 0 saturated heterocycles. The van der Waals surface area contributed by atoms with E-state index in [1.165, 1.54) is 25.1 Å². The molecule has 1 amide bonds. The molecular weight excluding hydrogens is 345 g/mol. The number of aliphatic carboxylic acids is 1. The SMILES string of the molecule is C=CCOCC(NC(=O)C(C)Oc1ccc(Cl)cc1Cl)C(=O)O. The van der Waals surface area contributed by atoms with Gasteiger partial charge in [0.15, 0.2) is 12.1 Å².